The first-order chi connectivity index (χ1) is 7.58. The molecule has 0 fully saturated rings. The van der Waals surface area contributed by atoms with Crippen molar-refractivity contribution in [2.24, 2.45) is 7.05 Å². The van der Waals surface area contributed by atoms with E-state index in [-0.39, 0.29) is 0 Å². The zero-order valence-electron chi connectivity index (χ0n) is 9.18. The second-order valence-electron chi connectivity index (χ2n) is 3.84. The monoisotopic (exact) mass is 280 g/mol. The standard InChI is InChI=1S/C12H13BrN2O/c1-8-5-9(7-10(13)6-8)12(16)11-3-4-14-15(11)2/h3-7,12,16H,1-2H3. The number of aryl methyl sites for hydroxylation is 2. The van der Waals surface area contributed by atoms with Crippen molar-refractivity contribution >= 4 is 15.9 Å². The normalized spacial score (nSPS) is 12.8. The van der Waals surface area contributed by atoms with Crippen LogP contribution in [0.2, 0.25) is 0 Å². The molecule has 1 atom stereocenters. The third-order valence-electron chi connectivity index (χ3n) is 2.52. The van der Waals surface area contributed by atoms with E-state index in [0.717, 1.165) is 21.3 Å². The zero-order chi connectivity index (χ0) is 11.7. The van der Waals surface area contributed by atoms with Crippen LogP contribution in [0, 0.1) is 6.92 Å². The van der Waals surface area contributed by atoms with E-state index in [1.807, 2.05) is 38.2 Å². The molecule has 0 aliphatic heterocycles. The SMILES string of the molecule is Cc1cc(Br)cc(C(O)c2ccnn2C)c1. The molecule has 0 radical (unpaired) electrons. The minimum atomic E-state index is -0.635. The van der Waals surface area contributed by atoms with Gasteiger partial charge in [-0.05, 0) is 36.2 Å². The van der Waals surface area contributed by atoms with Gasteiger partial charge in [-0.3, -0.25) is 4.68 Å². The predicted octanol–water partition coefficient (Wildman–Crippen LogP) is 2.57. The summed E-state index contributed by atoms with van der Waals surface area (Å²) in [6.45, 7) is 2.00. The molecule has 1 aromatic heterocycles. The van der Waals surface area contributed by atoms with E-state index < -0.39 is 6.10 Å². The van der Waals surface area contributed by atoms with E-state index in [0.29, 0.717) is 0 Å². The molecule has 0 saturated carbocycles. The molecule has 16 heavy (non-hydrogen) atoms. The highest BCUT2D eigenvalue weighted by molar-refractivity contribution is 9.10. The van der Waals surface area contributed by atoms with Crippen LogP contribution < -0.4 is 0 Å². The second-order valence-corrected chi connectivity index (χ2v) is 4.76. The van der Waals surface area contributed by atoms with Gasteiger partial charge in [-0.25, -0.2) is 0 Å². The summed E-state index contributed by atoms with van der Waals surface area (Å²) in [6.07, 6.45) is 1.05. The Morgan fingerprint density at radius 2 is 2.12 bits per heavy atom. The van der Waals surface area contributed by atoms with Crippen LogP contribution in [0.15, 0.2) is 34.9 Å². The third-order valence-corrected chi connectivity index (χ3v) is 2.98. The van der Waals surface area contributed by atoms with E-state index in [1.165, 1.54) is 0 Å². The van der Waals surface area contributed by atoms with Gasteiger partial charge >= 0.3 is 0 Å². The van der Waals surface area contributed by atoms with Crippen LogP contribution in [0.1, 0.15) is 22.9 Å². The molecule has 2 aromatic rings. The summed E-state index contributed by atoms with van der Waals surface area (Å²) in [6, 6.07) is 7.73. The number of halogens is 1. The van der Waals surface area contributed by atoms with Gasteiger partial charge in [0.2, 0.25) is 0 Å². The number of benzene rings is 1. The Labute approximate surface area is 103 Å². The quantitative estimate of drug-likeness (QED) is 0.918. The van der Waals surface area contributed by atoms with E-state index in [2.05, 4.69) is 21.0 Å². The maximum atomic E-state index is 10.2. The van der Waals surface area contributed by atoms with Crippen LogP contribution in [0.4, 0.5) is 0 Å². The highest BCUT2D eigenvalue weighted by atomic mass is 79.9. The average Bonchev–Trinajstić information content (AvgIpc) is 2.62. The van der Waals surface area contributed by atoms with Gasteiger partial charge < -0.3 is 5.11 Å². The fourth-order valence-corrected chi connectivity index (χ4v) is 2.37. The maximum absolute atomic E-state index is 10.2. The molecule has 0 bridgehead atoms. The third kappa shape index (κ3) is 2.18. The summed E-state index contributed by atoms with van der Waals surface area (Å²) < 4.78 is 2.66. The van der Waals surface area contributed by atoms with Crippen LogP contribution in [0.25, 0.3) is 0 Å². The molecular weight excluding hydrogens is 268 g/mol. The molecule has 0 amide bonds. The Bertz CT molecular complexity index is 487. The van der Waals surface area contributed by atoms with Crippen LogP contribution >= 0.6 is 15.9 Å². The lowest BCUT2D eigenvalue weighted by molar-refractivity contribution is 0.209. The fraction of sp³-hybridized carbons (Fsp3) is 0.250. The number of aromatic nitrogens is 2. The molecule has 0 spiro atoms. The van der Waals surface area contributed by atoms with E-state index in [4.69, 9.17) is 0 Å². The van der Waals surface area contributed by atoms with Gasteiger partial charge in [0.25, 0.3) is 0 Å². The molecule has 0 aliphatic rings. The Hall–Kier alpha value is -1.13. The lowest BCUT2D eigenvalue weighted by Gasteiger charge is -2.12. The molecule has 0 saturated heterocycles. The highest BCUT2D eigenvalue weighted by Gasteiger charge is 2.14. The largest absolute Gasteiger partial charge is 0.382 e. The lowest BCUT2D eigenvalue weighted by atomic mass is 10.0. The first kappa shape index (κ1) is 11.4. The van der Waals surface area contributed by atoms with Crippen molar-refractivity contribution in [2.75, 3.05) is 0 Å². The second kappa shape index (κ2) is 4.39. The van der Waals surface area contributed by atoms with Crippen LogP contribution in [0.3, 0.4) is 0 Å². The molecule has 84 valence electrons. The summed E-state index contributed by atoms with van der Waals surface area (Å²) in [5.74, 6) is 0. The highest BCUT2D eigenvalue weighted by Crippen LogP contribution is 2.25. The molecule has 1 aromatic carbocycles. The minimum absolute atomic E-state index is 0.635. The van der Waals surface area contributed by atoms with E-state index in [9.17, 15) is 5.11 Å². The average molecular weight is 281 g/mol. The van der Waals surface area contributed by atoms with Crippen LogP contribution in [0.5, 0.6) is 0 Å². The fourth-order valence-electron chi connectivity index (χ4n) is 1.75. The minimum Gasteiger partial charge on any atom is -0.382 e. The molecule has 1 N–H and O–H groups in total. The summed E-state index contributed by atoms with van der Waals surface area (Å²) in [5, 5.41) is 14.3. The summed E-state index contributed by atoms with van der Waals surface area (Å²) in [4.78, 5) is 0. The molecular formula is C12H13BrN2O. The summed E-state index contributed by atoms with van der Waals surface area (Å²) in [5.41, 5.74) is 2.78. The molecule has 3 nitrogen and oxygen atoms in total. The molecule has 0 aliphatic carbocycles. The van der Waals surface area contributed by atoms with Gasteiger partial charge in [0, 0.05) is 17.7 Å². The lowest BCUT2D eigenvalue weighted by Crippen LogP contribution is -2.06. The number of aliphatic hydroxyl groups excluding tert-OH is 1. The molecule has 2 rings (SSSR count). The Morgan fingerprint density at radius 1 is 1.38 bits per heavy atom. The number of hydrogen-bond donors (Lipinski definition) is 1. The smallest absolute Gasteiger partial charge is 0.121 e. The van der Waals surface area contributed by atoms with Gasteiger partial charge in [-0.15, -0.1) is 0 Å². The van der Waals surface area contributed by atoms with Crippen molar-refractivity contribution < 1.29 is 5.11 Å². The first-order valence-corrected chi connectivity index (χ1v) is 5.80. The Kier molecular flexibility index (Phi) is 3.12. The van der Waals surface area contributed by atoms with Crippen LogP contribution in [-0.4, -0.2) is 14.9 Å². The maximum Gasteiger partial charge on any atom is 0.121 e. The number of rotatable bonds is 2. The van der Waals surface area contributed by atoms with Gasteiger partial charge in [0.1, 0.15) is 6.10 Å². The van der Waals surface area contributed by atoms with Crippen molar-refractivity contribution in [3.63, 3.8) is 0 Å². The Morgan fingerprint density at radius 3 is 2.69 bits per heavy atom. The Balaban J connectivity index is 2.41. The number of nitrogens with zero attached hydrogens (tertiary/aromatic N) is 2. The van der Waals surface area contributed by atoms with Gasteiger partial charge in [-0.2, -0.15) is 5.10 Å². The zero-order valence-corrected chi connectivity index (χ0v) is 10.8. The van der Waals surface area contributed by atoms with E-state index in [1.54, 1.807) is 10.9 Å². The number of aliphatic hydroxyl groups is 1. The van der Waals surface area contributed by atoms with Crippen molar-refractivity contribution in [3.05, 3.63) is 51.8 Å². The van der Waals surface area contributed by atoms with Crippen molar-refractivity contribution in [2.45, 2.75) is 13.0 Å². The first-order valence-electron chi connectivity index (χ1n) is 5.01. The van der Waals surface area contributed by atoms with Gasteiger partial charge in [0.05, 0.1) is 5.69 Å². The van der Waals surface area contributed by atoms with Gasteiger partial charge in [-0.1, -0.05) is 22.0 Å². The molecule has 1 unspecified atom stereocenters. The van der Waals surface area contributed by atoms with E-state index >= 15 is 0 Å². The topological polar surface area (TPSA) is 38.1 Å². The number of hydrogen-bond acceptors (Lipinski definition) is 2. The summed E-state index contributed by atoms with van der Waals surface area (Å²) >= 11 is 3.43. The van der Waals surface area contributed by atoms with Gasteiger partial charge in [0.15, 0.2) is 0 Å². The predicted molar refractivity (Wildman–Crippen MR) is 66.1 cm³/mol. The molecule has 4 heteroatoms. The van der Waals surface area contributed by atoms with Crippen molar-refractivity contribution in [1.82, 2.24) is 9.78 Å². The van der Waals surface area contributed by atoms with Crippen molar-refractivity contribution in [1.29, 1.82) is 0 Å². The van der Waals surface area contributed by atoms with Crippen LogP contribution in [-0.2, 0) is 7.05 Å². The molecule has 1 heterocycles. The van der Waals surface area contributed by atoms with Crippen molar-refractivity contribution in [3.8, 4) is 0 Å². The summed E-state index contributed by atoms with van der Waals surface area (Å²) in [7, 11) is 1.82.